The molecule has 0 bridgehead atoms. The van der Waals surface area contributed by atoms with E-state index in [1.807, 2.05) is 36.5 Å². The fraction of sp³-hybridized carbons (Fsp3) is 0.120. The van der Waals surface area contributed by atoms with Crippen LogP contribution in [-0.4, -0.2) is 30.8 Å². The highest BCUT2D eigenvalue weighted by Crippen LogP contribution is 2.39. The second-order valence-electron chi connectivity index (χ2n) is 7.94. The van der Waals surface area contributed by atoms with Crippen LogP contribution < -0.4 is 5.32 Å². The molecule has 4 aromatic rings. The minimum atomic E-state index is -1.02. The Balaban J connectivity index is 1.56. The lowest BCUT2D eigenvalue weighted by molar-refractivity contribution is -0.131. The zero-order chi connectivity index (χ0) is 23.7. The maximum absolute atomic E-state index is 13.5. The molecule has 5 rings (SSSR count). The molecule has 0 radical (unpaired) electrons. The summed E-state index contributed by atoms with van der Waals surface area (Å²) in [6.45, 7) is 0. The third kappa shape index (κ3) is 4.82. The van der Waals surface area contributed by atoms with Crippen molar-refractivity contribution in [1.82, 2.24) is 19.7 Å². The Morgan fingerprint density at radius 1 is 1.21 bits per heavy atom. The first-order valence-electron chi connectivity index (χ1n) is 10.6. The number of carboxylic acids is 1. The van der Waals surface area contributed by atoms with Gasteiger partial charge in [-0.1, -0.05) is 29.8 Å². The van der Waals surface area contributed by atoms with Crippen LogP contribution in [0.1, 0.15) is 30.0 Å². The van der Waals surface area contributed by atoms with E-state index in [0.717, 1.165) is 41.3 Å². The van der Waals surface area contributed by atoms with E-state index in [1.165, 1.54) is 18.2 Å². The van der Waals surface area contributed by atoms with E-state index in [2.05, 4.69) is 10.3 Å². The van der Waals surface area contributed by atoms with Gasteiger partial charge in [0.25, 0.3) is 0 Å². The van der Waals surface area contributed by atoms with E-state index >= 15 is 0 Å². The Bertz CT molecular complexity index is 1410. The maximum Gasteiger partial charge on any atom is 0.328 e. The van der Waals surface area contributed by atoms with Crippen molar-refractivity contribution in [2.24, 2.45) is 0 Å². The van der Waals surface area contributed by atoms with Crippen LogP contribution in [0.4, 0.5) is 16.0 Å². The van der Waals surface area contributed by atoms with Crippen molar-refractivity contribution in [3.63, 3.8) is 0 Å². The van der Waals surface area contributed by atoms with E-state index in [1.54, 1.807) is 16.9 Å². The fourth-order valence-corrected chi connectivity index (χ4v) is 3.73. The molecule has 2 aromatic heterocycles. The lowest BCUT2D eigenvalue weighted by Gasteiger charge is -2.12. The average molecular weight is 476 g/mol. The van der Waals surface area contributed by atoms with Gasteiger partial charge >= 0.3 is 5.97 Å². The van der Waals surface area contributed by atoms with Gasteiger partial charge in [-0.25, -0.2) is 18.9 Å². The van der Waals surface area contributed by atoms with Crippen LogP contribution in [0.15, 0.2) is 67.0 Å². The molecule has 34 heavy (non-hydrogen) atoms. The summed E-state index contributed by atoms with van der Waals surface area (Å²) < 4.78 is 15.2. The van der Waals surface area contributed by atoms with Crippen LogP contribution in [0.25, 0.3) is 23.0 Å². The minimum Gasteiger partial charge on any atom is -0.478 e. The summed E-state index contributed by atoms with van der Waals surface area (Å²) in [6.07, 6.45) is 8.42. The number of halogens is 2. The molecule has 9 heteroatoms. The van der Waals surface area contributed by atoms with Gasteiger partial charge in [-0.2, -0.15) is 10.1 Å². The molecule has 1 fully saturated rings. The Labute approximate surface area is 199 Å². The van der Waals surface area contributed by atoms with Crippen molar-refractivity contribution in [1.29, 1.82) is 0 Å². The van der Waals surface area contributed by atoms with E-state index in [-0.39, 0.29) is 5.02 Å². The quantitative estimate of drug-likeness (QED) is 0.326. The topological polar surface area (TPSA) is 92.9 Å². The lowest BCUT2D eigenvalue weighted by atomic mass is 10.0. The highest BCUT2D eigenvalue weighted by molar-refractivity contribution is 6.31. The summed E-state index contributed by atoms with van der Waals surface area (Å²) >= 11 is 5.90. The summed E-state index contributed by atoms with van der Waals surface area (Å²) in [6, 6.07) is 13.7. The number of hydrogen-bond acceptors (Lipinski definition) is 5. The van der Waals surface area contributed by atoms with E-state index in [4.69, 9.17) is 26.8 Å². The number of aromatic nitrogens is 4. The second kappa shape index (κ2) is 9.07. The minimum absolute atomic E-state index is 0.00535. The Morgan fingerprint density at radius 3 is 2.82 bits per heavy atom. The predicted molar refractivity (Wildman–Crippen MR) is 128 cm³/mol. The predicted octanol–water partition coefficient (Wildman–Crippen LogP) is 5.84. The van der Waals surface area contributed by atoms with E-state index in [9.17, 15) is 9.18 Å². The smallest absolute Gasteiger partial charge is 0.328 e. The van der Waals surface area contributed by atoms with Gasteiger partial charge in [-0.15, -0.1) is 0 Å². The van der Waals surface area contributed by atoms with E-state index in [0.29, 0.717) is 23.4 Å². The number of hydrogen-bond donors (Lipinski definition) is 2. The van der Waals surface area contributed by atoms with Gasteiger partial charge < -0.3 is 10.4 Å². The molecule has 0 spiro atoms. The fourth-order valence-electron chi connectivity index (χ4n) is 3.54. The Morgan fingerprint density at radius 2 is 2.06 bits per heavy atom. The van der Waals surface area contributed by atoms with Crippen LogP contribution in [0.2, 0.25) is 5.02 Å². The van der Waals surface area contributed by atoms with Crippen LogP contribution in [-0.2, 0) is 4.79 Å². The van der Waals surface area contributed by atoms with Crippen molar-refractivity contribution >= 4 is 35.3 Å². The van der Waals surface area contributed by atoms with Gasteiger partial charge in [0.2, 0.25) is 5.95 Å². The van der Waals surface area contributed by atoms with Gasteiger partial charge in [-0.05, 0) is 60.4 Å². The van der Waals surface area contributed by atoms with E-state index < -0.39 is 11.8 Å². The average Bonchev–Trinajstić information content (AvgIpc) is 3.57. The molecule has 0 unspecified atom stereocenters. The molecule has 1 saturated carbocycles. The van der Waals surface area contributed by atoms with Crippen LogP contribution in [0.3, 0.4) is 0 Å². The summed E-state index contributed by atoms with van der Waals surface area (Å²) in [5.74, 6) is -0.196. The van der Waals surface area contributed by atoms with Crippen molar-refractivity contribution in [2.75, 3.05) is 5.32 Å². The Hall–Kier alpha value is -4.04. The molecule has 0 amide bonds. The number of benzene rings is 2. The first-order valence-corrected chi connectivity index (χ1v) is 11.0. The third-order valence-electron chi connectivity index (χ3n) is 5.38. The molecule has 0 aliphatic heterocycles. The standard InChI is InChI=1S/C25H19ClFN5O2/c26-20-13-18(7-8-21(20)27)29-25-28-14-19(17-3-1-2-15(12-17)4-9-23(33)34)24(30-25)32-11-10-22(31-32)16-5-6-16/h1-4,7-14,16H,5-6H2,(H,33,34)(H,28,29,30). The number of anilines is 2. The molecule has 170 valence electrons. The number of carbonyl (C=O) groups is 1. The molecule has 2 N–H and O–H groups in total. The number of nitrogens with one attached hydrogen (secondary N) is 1. The van der Waals surface area contributed by atoms with Crippen LogP contribution in [0.5, 0.6) is 0 Å². The summed E-state index contributed by atoms with van der Waals surface area (Å²) in [5, 5.41) is 16.7. The molecule has 7 nitrogen and oxygen atoms in total. The third-order valence-corrected chi connectivity index (χ3v) is 5.67. The zero-order valence-corrected chi connectivity index (χ0v) is 18.6. The normalized spacial score (nSPS) is 13.4. The highest BCUT2D eigenvalue weighted by Gasteiger charge is 2.26. The molecule has 1 aliphatic rings. The Kier molecular flexibility index (Phi) is 5.81. The van der Waals surface area contributed by atoms with Crippen LogP contribution >= 0.6 is 11.6 Å². The SMILES string of the molecule is O=C(O)C=Cc1cccc(-c2cnc(Nc3ccc(F)c(Cl)c3)nc2-n2ccc(C3CC3)n2)c1. The van der Waals surface area contributed by atoms with Crippen molar-refractivity contribution < 1.29 is 14.3 Å². The molecule has 0 atom stereocenters. The van der Waals surface area contributed by atoms with Gasteiger partial charge in [0, 0.05) is 35.6 Å². The number of aliphatic carboxylic acids is 1. The molecule has 2 aromatic carbocycles. The first-order chi connectivity index (χ1) is 16.5. The molecular formula is C25H19ClFN5O2. The second-order valence-corrected chi connectivity index (χ2v) is 8.35. The summed E-state index contributed by atoms with van der Waals surface area (Å²) in [5.41, 5.74) is 3.82. The van der Waals surface area contributed by atoms with Gasteiger partial charge in [-0.3, -0.25) is 0 Å². The monoisotopic (exact) mass is 475 g/mol. The summed E-state index contributed by atoms with van der Waals surface area (Å²) in [4.78, 5) is 20.0. The van der Waals surface area contributed by atoms with Crippen molar-refractivity contribution in [3.05, 3.63) is 89.1 Å². The number of rotatable bonds is 7. The maximum atomic E-state index is 13.5. The van der Waals surface area contributed by atoms with Crippen molar-refractivity contribution in [2.45, 2.75) is 18.8 Å². The van der Waals surface area contributed by atoms with Gasteiger partial charge in [0.05, 0.1) is 10.7 Å². The largest absolute Gasteiger partial charge is 0.478 e. The van der Waals surface area contributed by atoms with Gasteiger partial charge in [0.15, 0.2) is 5.82 Å². The van der Waals surface area contributed by atoms with Crippen molar-refractivity contribution in [3.8, 4) is 16.9 Å². The molecule has 1 aliphatic carbocycles. The molecule has 0 saturated heterocycles. The highest BCUT2D eigenvalue weighted by atomic mass is 35.5. The molecular weight excluding hydrogens is 457 g/mol. The summed E-state index contributed by atoms with van der Waals surface area (Å²) in [7, 11) is 0. The van der Waals surface area contributed by atoms with Crippen LogP contribution in [0, 0.1) is 5.82 Å². The number of nitrogens with zero attached hydrogens (tertiary/aromatic N) is 4. The molecule has 2 heterocycles. The van der Waals surface area contributed by atoms with Gasteiger partial charge in [0.1, 0.15) is 5.82 Å². The zero-order valence-electron chi connectivity index (χ0n) is 17.8. The number of carboxylic acid groups (broad SMARTS) is 1. The lowest BCUT2D eigenvalue weighted by Crippen LogP contribution is -2.06. The first kappa shape index (κ1) is 21.8.